The van der Waals surface area contributed by atoms with Crippen molar-refractivity contribution < 1.29 is 24.2 Å². The number of rotatable bonds is 5. The van der Waals surface area contributed by atoms with E-state index in [2.05, 4.69) is 5.32 Å². The molecule has 0 aliphatic carbocycles. The molecule has 28 heavy (non-hydrogen) atoms. The molecule has 8 heteroatoms. The Morgan fingerprint density at radius 3 is 2.68 bits per heavy atom. The minimum atomic E-state index is -1.12. The lowest BCUT2D eigenvalue weighted by Crippen LogP contribution is -2.70. The lowest BCUT2D eigenvalue weighted by atomic mass is 9.99. The van der Waals surface area contributed by atoms with Gasteiger partial charge in [-0.1, -0.05) is 30.3 Å². The maximum atomic E-state index is 12.7. The van der Waals surface area contributed by atoms with E-state index in [1.807, 2.05) is 37.3 Å². The number of hydrogen-bond donors (Lipinski definition) is 2. The Hall–Kier alpha value is -2.32. The fraction of sp³-hybridized carbons (Fsp3) is 0.450. The first-order valence-electron chi connectivity index (χ1n) is 9.35. The Kier molecular flexibility index (Phi) is 5.16. The SMILES string of the molecule is CC1CCC(C2=C(C(=O)O)N3C(=O)[C@@H](NC(=O)Cc4ccccc4)[C@H]3SC2)O1. The summed E-state index contributed by atoms with van der Waals surface area (Å²) in [5, 5.41) is 12.1. The van der Waals surface area contributed by atoms with Gasteiger partial charge in [0, 0.05) is 5.75 Å². The number of aliphatic carboxylic acids is 1. The van der Waals surface area contributed by atoms with E-state index in [1.165, 1.54) is 16.7 Å². The van der Waals surface area contributed by atoms with Gasteiger partial charge in [0.15, 0.2) is 0 Å². The van der Waals surface area contributed by atoms with Crippen LogP contribution in [0.5, 0.6) is 0 Å². The van der Waals surface area contributed by atoms with Crippen LogP contribution >= 0.6 is 11.8 Å². The number of carbonyl (C=O) groups is 3. The topological polar surface area (TPSA) is 95.9 Å². The van der Waals surface area contributed by atoms with Crippen molar-refractivity contribution in [3.63, 3.8) is 0 Å². The highest BCUT2D eigenvalue weighted by molar-refractivity contribution is 8.00. The highest BCUT2D eigenvalue weighted by atomic mass is 32.2. The molecule has 4 rings (SSSR count). The molecule has 0 aromatic heterocycles. The first-order valence-corrected chi connectivity index (χ1v) is 10.4. The summed E-state index contributed by atoms with van der Waals surface area (Å²) in [4.78, 5) is 38.2. The second kappa shape index (κ2) is 7.60. The smallest absolute Gasteiger partial charge is 0.352 e. The summed E-state index contributed by atoms with van der Waals surface area (Å²) in [7, 11) is 0. The monoisotopic (exact) mass is 402 g/mol. The summed E-state index contributed by atoms with van der Waals surface area (Å²) < 4.78 is 5.84. The van der Waals surface area contributed by atoms with Crippen molar-refractivity contribution in [3.05, 3.63) is 47.2 Å². The minimum absolute atomic E-state index is 0.0291. The van der Waals surface area contributed by atoms with Gasteiger partial charge in [0.1, 0.15) is 17.1 Å². The number of carboxylic acids is 1. The zero-order valence-electron chi connectivity index (χ0n) is 15.5. The zero-order valence-corrected chi connectivity index (χ0v) is 16.3. The van der Waals surface area contributed by atoms with E-state index >= 15 is 0 Å². The van der Waals surface area contributed by atoms with Gasteiger partial charge >= 0.3 is 5.97 Å². The predicted molar refractivity (Wildman–Crippen MR) is 103 cm³/mol. The van der Waals surface area contributed by atoms with Crippen molar-refractivity contribution in [2.45, 2.75) is 49.8 Å². The zero-order chi connectivity index (χ0) is 19.8. The number of nitrogens with one attached hydrogen (secondary N) is 1. The van der Waals surface area contributed by atoms with Crippen molar-refractivity contribution in [2.75, 3.05) is 5.75 Å². The molecule has 0 saturated carbocycles. The van der Waals surface area contributed by atoms with Crippen LogP contribution in [0.1, 0.15) is 25.3 Å². The fourth-order valence-corrected chi connectivity index (χ4v) is 5.36. The summed E-state index contributed by atoms with van der Waals surface area (Å²) in [6, 6.07) is 8.59. The molecule has 2 unspecified atom stereocenters. The summed E-state index contributed by atoms with van der Waals surface area (Å²) in [5.74, 6) is -1.26. The number of hydrogen-bond acceptors (Lipinski definition) is 5. The number of amides is 2. The standard InChI is InChI=1S/C20H22N2O5S/c1-11-7-8-14(27-11)13-10-28-19-16(18(24)22(19)17(13)20(25)26)21-15(23)9-12-5-3-2-4-6-12/h2-6,11,14,16,19H,7-10H2,1H3,(H,21,23)(H,25,26)/t11?,14?,16-,19-/m1/s1. The van der Waals surface area contributed by atoms with Gasteiger partial charge in [0.05, 0.1) is 18.6 Å². The molecule has 3 aliphatic heterocycles. The third kappa shape index (κ3) is 3.42. The number of β-lactam (4-membered cyclic amide) rings is 1. The summed E-state index contributed by atoms with van der Waals surface area (Å²) >= 11 is 1.48. The first kappa shape index (κ1) is 19.0. The maximum Gasteiger partial charge on any atom is 0.352 e. The van der Waals surface area contributed by atoms with E-state index in [9.17, 15) is 19.5 Å². The molecule has 148 valence electrons. The molecule has 3 aliphatic rings. The highest BCUT2D eigenvalue weighted by Gasteiger charge is 2.55. The molecule has 1 aromatic carbocycles. The molecule has 0 radical (unpaired) electrons. The molecule has 2 saturated heterocycles. The Bertz CT molecular complexity index is 840. The molecule has 0 bridgehead atoms. The van der Waals surface area contributed by atoms with Crippen LogP contribution in [-0.2, 0) is 25.5 Å². The fourth-order valence-electron chi connectivity index (χ4n) is 3.95. The molecule has 0 spiro atoms. The van der Waals surface area contributed by atoms with Crippen LogP contribution in [0.3, 0.4) is 0 Å². The number of thioether (sulfide) groups is 1. The Labute approximate surface area is 167 Å². The van der Waals surface area contributed by atoms with Crippen LogP contribution in [-0.4, -0.2) is 57.2 Å². The lowest BCUT2D eigenvalue weighted by molar-refractivity contribution is -0.150. The van der Waals surface area contributed by atoms with E-state index in [0.29, 0.717) is 11.3 Å². The van der Waals surface area contributed by atoms with E-state index in [-0.39, 0.29) is 41.5 Å². The second-order valence-electron chi connectivity index (χ2n) is 7.31. The van der Waals surface area contributed by atoms with Crippen LogP contribution < -0.4 is 5.32 Å². The molecule has 2 N–H and O–H groups in total. The normalized spacial score (nSPS) is 29.3. The molecule has 2 amide bonds. The average molecular weight is 402 g/mol. The van der Waals surface area contributed by atoms with Crippen LogP contribution in [0, 0.1) is 0 Å². The number of fused-ring (bicyclic) bond motifs is 1. The largest absolute Gasteiger partial charge is 0.477 e. The van der Waals surface area contributed by atoms with Gasteiger partial charge in [-0.2, -0.15) is 0 Å². The molecule has 2 fully saturated rings. The van der Waals surface area contributed by atoms with Gasteiger partial charge in [0.2, 0.25) is 5.91 Å². The van der Waals surface area contributed by atoms with Gasteiger partial charge in [-0.05, 0) is 30.9 Å². The number of carboxylic acid groups (broad SMARTS) is 1. The lowest BCUT2D eigenvalue weighted by Gasteiger charge is -2.50. The van der Waals surface area contributed by atoms with E-state index < -0.39 is 12.0 Å². The highest BCUT2D eigenvalue weighted by Crippen LogP contribution is 2.43. The quantitative estimate of drug-likeness (QED) is 0.726. The second-order valence-corrected chi connectivity index (χ2v) is 8.41. The molecular weight excluding hydrogens is 380 g/mol. The van der Waals surface area contributed by atoms with Crippen molar-refractivity contribution >= 4 is 29.5 Å². The third-order valence-electron chi connectivity index (χ3n) is 5.34. The van der Waals surface area contributed by atoms with E-state index in [1.54, 1.807) is 0 Å². The summed E-state index contributed by atoms with van der Waals surface area (Å²) in [6.07, 6.45) is 1.66. The van der Waals surface area contributed by atoms with Crippen molar-refractivity contribution in [3.8, 4) is 0 Å². The van der Waals surface area contributed by atoms with Gasteiger partial charge in [0.25, 0.3) is 5.91 Å². The van der Waals surface area contributed by atoms with Gasteiger partial charge in [-0.15, -0.1) is 11.8 Å². The molecule has 1 aromatic rings. The Balaban J connectivity index is 1.47. The van der Waals surface area contributed by atoms with Gasteiger partial charge < -0.3 is 15.2 Å². The van der Waals surface area contributed by atoms with E-state index in [0.717, 1.165) is 18.4 Å². The summed E-state index contributed by atoms with van der Waals surface area (Å²) in [5.41, 5.74) is 1.56. The van der Waals surface area contributed by atoms with E-state index in [4.69, 9.17) is 4.74 Å². The first-order chi connectivity index (χ1) is 13.5. The predicted octanol–water partition coefficient (Wildman–Crippen LogP) is 1.54. The molecule has 3 heterocycles. The molecular formula is C20H22N2O5S. The number of nitrogens with zero attached hydrogens (tertiary/aromatic N) is 1. The Morgan fingerprint density at radius 2 is 2.04 bits per heavy atom. The van der Waals surface area contributed by atoms with Crippen molar-refractivity contribution in [1.29, 1.82) is 0 Å². The van der Waals surface area contributed by atoms with Crippen LogP contribution in [0.4, 0.5) is 0 Å². The van der Waals surface area contributed by atoms with Crippen LogP contribution in [0.25, 0.3) is 0 Å². The number of benzene rings is 1. The minimum Gasteiger partial charge on any atom is -0.477 e. The van der Waals surface area contributed by atoms with Crippen molar-refractivity contribution in [2.24, 2.45) is 0 Å². The third-order valence-corrected chi connectivity index (χ3v) is 6.65. The molecule has 4 atom stereocenters. The number of carbonyl (C=O) groups excluding carboxylic acids is 2. The summed E-state index contributed by atoms with van der Waals surface area (Å²) in [6.45, 7) is 1.97. The maximum absolute atomic E-state index is 12.7. The van der Waals surface area contributed by atoms with Crippen LogP contribution in [0.15, 0.2) is 41.6 Å². The average Bonchev–Trinajstić information content (AvgIpc) is 3.11. The van der Waals surface area contributed by atoms with Crippen LogP contribution in [0.2, 0.25) is 0 Å². The van der Waals surface area contributed by atoms with Crippen molar-refractivity contribution in [1.82, 2.24) is 10.2 Å². The van der Waals surface area contributed by atoms with Gasteiger partial charge in [-0.3, -0.25) is 14.5 Å². The number of ether oxygens (including phenoxy) is 1. The Morgan fingerprint density at radius 1 is 1.29 bits per heavy atom. The molecule has 7 nitrogen and oxygen atoms in total. The van der Waals surface area contributed by atoms with Gasteiger partial charge in [-0.25, -0.2) is 4.79 Å².